The first kappa shape index (κ1) is 17.1. The van der Waals surface area contributed by atoms with Gasteiger partial charge in [0.2, 0.25) is 11.8 Å². The van der Waals surface area contributed by atoms with Crippen LogP contribution in [0, 0.1) is 5.92 Å². The molecule has 0 spiro atoms. The van der Waals surface area contributed by atoms with Crippen molar-refractivity contribution in [3.63, 3.8) is 0 Å². The van der Waals surface area contributed by atoms with E-state index in [4.69, 9.17) is 5.73 Å². The maximum atomic E-state index is 12.4. The van der Waals surface area contributed by atoms with Gasteiger partial charge in [0.05, 0.1) is 6.04 Å². The number of rotatable bonds is 3. The Morgan fingerprint density at radius 3 is 2.10 bits per heavy atom. The zero-order chi connectivity index (χ0) is 16.4. The second-order valence-corrected chi connectivity index (χ2v) is 4.42. The normalized spacial score (nSPS) is 14.1. The Balaban J connectivity index is 2.92. The van der Waals surface area contributed by atoms with Crippen LogP contribution in [-0.2, 0) is 4.79 Å². The summed E-state index contributed by atoms with van der Waals surface area (Å²) >= 11 is 0. The van der Waals surface area contributed by atoms with Crippen LogP contribution in [0.1, 0.15) is 18.5 Å². The van der Waals surface area contributed by atoms with Crippen LogP contribution in [-0.4, -0.2) is 18.3 Å². The Kier molecular flexibility index (Phi) is 4.75. The molecule has 1 aromatic rings. The molecule has 9 heteroatoms. The Morgan fingerprint density at radius 2 is 1.67 bits per heavy atom. The number of hydrogen-bond donors (Lipinski definition) is 2. The average molecular weight is 314 g/mol. The molecule has 0 saturated carbocycles. The summed E-state index contributed by atoms with van der Waals surface area (Å²) in [5.41, 5.74) is 6.03. The summed E-state index contributed by atoms with van der Waals surface area (Å²) in [4.78, 5) is 11.3. The molecule has 0 aliphatic heterocycles. The van der Waals surface area contributed by atoms with Crippen LogP contribution in [0.15, 0.2) is 24.3 Å². The van der Waals surface area contributed by atoms with E-state index in [1.54, 1.807) is 5.32 Å². The number of alkyl halides is 6. The number of nitrogens with two attached hydrogens (primary N) is 1. The summed E-state index contributed by atoms with van der Waals surface area (Å²) in [6.07, 6.45) is -11.4. The van der Waals surface area contributed by atoms with Gasteiger partial charge in [0, 0.05) is 5.69 Å². The molecule has 0 heterocycles. The van der Waals surface area contributed by atoms with Crippen LogP contribution in [0.5, 0.6) is 0 Å². The molecule has 1 amide bonds. The highest BCUT2D eigenvalue weighted by Gasteiger charge is 2.61. The minimum Gasteiger partial charge on any atom is -0.399 e. The molecule has 1 atom stereocenters. The second-order valence-electron chi connectivity index (χ2n) is 4.42. The fourth-order valence-electron chi connectivity index (χ4n) is 1.69. The highest BCUT2D eigenvalue weighted by atomic mass is 19.4. The summed E-state index contributed by atoms with van der Waals surface area (Å²) in [6.45, 7) is 1.26. The van der Waals surface area contributed by atoms with E-state index in [1.165, 1.54) is 31.2 Å². The maximum Gasteiger partial charge on any atom is 0.409 e. The lowest BCUT2D eigenvalue weighted by Gasteiger charge is -2.24. The third kappa shape index (κ3) is 4.54. The Labute approximate surface area is 116 Å². The molecule has 0 aliphatic rings. The molecule has 1 rings (SSSR count). The first-order valence-electron chi connectivity index (χ1n) is 5.72. The summed E-state index contributed by atoms with van der Waals surface area (Å²) in [7, 11) is 0. The molecule has 0 fully saturated rings. The lowest BCUT2D eigenvalue weighted by molar-refractivity contribution is -0.274. The summed E-state index contributed by atoms with van der Waals surface area (Å²) in [5, 5.41) is 1.70. The number of carbonyl (C=O) groups excluding carboxylic acids is 1. The van der Waals surface area contributed by atoms with Crippen LogP contribution < -0.4 is 11.1 Å². The zero-order valence-corrected chi connectivity index (χ0v) is 10.7. The number of nitrogens with one attached hydrogen (secondary N) is 1. The molecular formula is C12H12F6N2O. The molecule has 0 aromatic heterocycles. The Bertz CT molecular complexity index is 497. The average Bonchev–Trinajstić information content (AvgIpc) is 2.24. The lowest BCUT2D eigenvalue weighted by Crippen LogP contribution is -2.48. The molecule has 3 N–H and O–H groups in total. The van der Waals surface area contributed by atoms with Crippen LogP contribution in [0.2, 0.25) is 0 Å². The van der Waals surface area contributed by atoms with Crippen molar-refractivity contribution >= 4 is 11.6 Å². The van der Waals surface area contributed by atoms with Crippen molar-refractivity contribution in [1.82, 2.24) is 5.32 Å². The topological polar surface area (TPSA) is 55.1 Å². The van der Waals surface area contributed by atoms with Crippen molar-refractivity contribution in [2.24, 2.45) is 5.92 Å². The van der Waals surface area contributed by atoms with Gasteiger partial charge in [-0.1, -0.05) is 12.1 Å². The number of amides is 1. The van der Waals surface area contributed by atoms with E-state index in [-0.39, 0.29) is 5.69 Å². The highest BCUT2D eigenvalue weighted by Crippen LogP contribution is 2.39. The quantitative estimate of drug-likeness (QED) is 0.665. The van der Waals surface area contributed by atoms with Gasteiger partial charge in [0.25, 0.3) is 0 Å². The van der Waals surface area contributed by atoms with Crippen LogP contribution in [0.25, 0.3) is 0 Å². The van der Waals surface area contributed by atoms with E-state index in [0.29, 0.717) is 5.56 Å². The van der Waals surface area contributed by atoms with E-state index in [9.17, 15) is 31.1 Å². The summed E-state index contributed by atoms with van der Waals surface area (Å²) in [5.74, 6) is -6.21. The van der Waals surface area contributed by atoms with Gasteiger partial charge in [-0.25, -0.2) is 0 Å². The number of benzene rings is 1. The fourth-order valence-corrected chi connectivity index (χ4v) is 1.69. The number of halogens is 6. The van der Waals surface area contributed by atoms with Crippen molar-refractivity contribution in [3.8, 4) is 0 Å². The predicted molar refractivity (Wildman–Crippen MR) is 63.0 cm³/mol. The Hall–Kier alpha value is -1.93. The second kappa shape index (κ2) is 5.82. The molecule has 21 heavy (non-hydrogen) atoms. The molecule has 0 bridgehead atoms. The van der Waals surface area contributed by atoms with Gasteiger partial charge in [0.1, 0.15) is 0 Å². The van der Waals surface area contributed by atoms with Gasteiger partial charge in [-0.15, -0.1) is 0 Å². The number of hydrogen-bond acceptors (Lipinski definition) is 2. The molecule has 1 aromatic carbocycles. The zero-order valence-electron chi connectivity index (χ0n) is 10.7. The molecule has 0 aliphatic carbocycles. The predicted octanol–water partition coefficient (Wildman–Crippen LogP) is 3.19. The van der Waals surface area contributed by atoms with Crippen molar-refractivity contribution in [3.05, 3.63) is 29.8 Å². The maximum absolute atomic E-state index is 12.4. The minimum absolute atomic E-state index is 0.275. The van der Waals surface area contributed by atoms with Gasteiger partial charge in [-0.3, -0.25) is 4.79 Å². The third-order valence-corrected chi connectivity index (χ3v) is 2.69. The van der Waals surface area contributed by atoms with E-state index in [0.717, 1.165) is 0 Å². The van der Waals surface area contributed by atoms with Gasteiger partial charge >= 0.3 is 12.4 Å². The van der Waals surface area contributed by atoms with E-state index < -0.39 is 30.2 Å². The number of anilines is 1. The highest BCUT2D eigenvalue weighted by molar-refractivity contribution is 5.80. The monoisotopic (exact) mass is 314 g/mol. The SMILES string of the molecule is CC(NC(=O)C(C(F)(F)F)C(F)(F)F)c1cccc(N)c1. The third-order valence-electron chi connectivity index (χ3n) is 2.69. The van der Waals surface area contributed by atoms with Gasteiger partial charge in [0.15, 0.2) is 0 Å². The first-order chi connectivity index (χ1) is 9.43. The molecule has 0 saturated heterocycles. The lowest BCUT2D eigenvalue weighted by atomic mass is 10.0. The van der Waals surface area contributed by atoms with E-state index >= 15 is 0 Å². The standard InChI is InChI=1S/C12H12F6N2O/c1-6(7-3-2-4-8(19)5-7)20-10(21)9(11(13,14)15)12(16,17)18/h2-6,9H,19H2,1H3,(H,20,21). The summed E-state index contributed by atoms with van der Waals surface area (Å²) in [6, 6.07) is 4.69. The number of carbonyl (C=O) groups is 1. The van der Waals surface area contributed by atoms with Crippen molar-refractivity contribution in [2.75, 3.05) is 5.73 Å². The first-order valence-corrected chi connectivity index (χ1v) is 5.72. The van der Waals surface area contributed by atoms with Crippen LogP contribution >= 0.6 is 0 Å². The number of nitrogen functional groups attached to an aromatic ring is 1. The van der Waals surface area contributed by atoms with E-state index in [1.807, 2.05) is 0 Å². The van der Waals surface area contributed by atoms with Crippen LogP contribution in [0.3, 0.4) is 0 Å². The van der Waals surface area contributed by atoms with E-state index in [2.05, 4.69) is 0 Å². The smallest absolute Gasteiger partial charge is 0.399 e. The molecule has 118 valence electrons. The molecule has 0 radical (unpaired) electrons. The van der Waals surface area contributed by atoms with Gasteiger partial charge < -0.3 is 11.1 Å². The van der Waals surface area contributed by atoms with Gasteiger partial charge in [-0.05, 0) is 24.6 Å². The fraction of sp³-hybridized carbons (Fsp3) is 0.417. The van der Waals surface area contributed by atoms with Crippen LogP contribution in [0.4, 0.5) is 32.0 Å². The van der Waals surface area contributed by atoms with Gasteiger partial charge in [-0.2, -0.15) is 26.3 Å². The molecule has 1 unspecified atom stereocenters. The molecular weight excluding hydrogens is 302 g/mol. The Morgan fingerprint density at radius 1 is 1.14 bits per heavy atom. The minimum atomic E-state index is -5.71. The van der Waals surface area contributed by atoms with Crippen molar-refractivity contribution in [2.45, 2.75) is 25.3 Å². The largest absolute Gasteiger partial charge is 0.409 e. The molecule has 3 nitrogen and oxygen atoms in total. The van der Waals surface area contributed by atoms with Crippen molar-refractivity contribution < 1.29 is 31.1 Å². The van der Waals surface area contributed by atoms with Crippen molar-refractivity contribution in [1.29, 1.82) is 0 Å². The summed E-state index contributed by atoms with van der Waals surface area (Å²) < 4.78 is 74.3.